The lowest BCUT2D eigenvalue weighted by atomic mass is 9.91. The second-order valence-electron chi connectivity index (χ2n) is 6.81. The Bertz CT molecular complexity index is 1140. The summed E-state index contributed by atoms with van der Waals surface area (Å²) in [4.78, 5) is 25.3. The van der Waals surface area contributed by atoms with Gasteiger partial charge in [0.25, 0.3) is 5.91 Å². The highest BCUT2D eigenvalue weighted by Gasteiger charge is 2.31. The summed E-state index contributed by atoms with van der Waals surface area (Å²) >= 11 is 5.97. The predicted molar refractivity (Wildman–Crippen MR) is 106 cm³/mol. The predicted octanol–water partition coefficient (Wildman–Crippen LogP) is 4.64. The summed E-state index contributed by atoms with van der Waals surface area (Å²) in [5.41, 5.74) is 6.04. The van der Waals surface area contributed by atoms with Crippen molar-refractivity contribution in [3.8, 4) is 5.75 Å². The summed E-state index contributed by atoms with van der Waals surface area (Å²) in [6.45, 7) is 3.35. The van der Waals surface area contributed by atoms with E-state index in [0.29, 0.717) is 17.9 Å². The highest BCUT2D eigenvalue weighted by atomic mass is 35.5. The monoisotopic (exact) mass is 420 g/mol. The van der Waals surface area contributed by atoms with Gasteiger partial charge in [0.1, 0.15) is 0 Å². The topological polar surface area (TPSA) is 85.3 Å². The zero-order chi connectivity index (χ0) is 21.5. The number of primary amides is 1. The summed E-state index contributed by atoms with van der Waals surface area (Å²) in [6.07, 6.45) is 0.870. The van der Waals surface area contributed by atoms with Crippen molar-refractivity contribution in [1.29, 1.82) is 0 Å². The first-order chi connectivity index (χ1) is 13.7. The first-order valence-corrected chi connectivity index (χ1v) is 9.38. The number of aromatic hydroxyl groups is 1. The number of nitrogens with zero attached hydrogens (tertiary/aromatic N) is 1. The smallest absolute Gasteiger partial charge is 0.262 e. The number of phenols is 1. The lowest BCUT2D eigenvalue weighted by Crippen LogP contribution is -2.22. The van der Waals surface area contributed by atoms with Gasteiger partial charge in [-0.3, -0.25) is 14.2 Å². The second-order valence-corrected chi connectivity index (χ2v) is 7.25. The van der Waals surface area contributed by atoms with Crippen molar-refractivity contribution < 1.29 is 23.5 Å². The molecule has 0 aliphatic rings. The maximum Gasteiger partial charge on any atom is 0.262 e. The van der Waals surface area contributed by atoms with Gasteiger partial charge in [-0.05, 0) is 37.1 Å². The number of fused-ring (bicyclic) bond motifs is 1. The molecule has 1 atom stereocenters. The fourth-order valence-electron chi connectivity index (χ4n) is 3.67. The number of aromatic nitrogens is 1. The van der Waals surface area contributed by atoms with E-state index in [9.17, 15) is 23.5 Å². The van der Waals surface area contributed by atoms with E-state index in [2.05, 4.69) is 0 Å². The Morgan fingerprint density at radius 2 is 1.97 bits per heavy atom. The van der Waals surface area contributed by atoms with E-state index in [0.717, 1.165) is 10.6 Å². The number of halogens is 3. The van der Waals surface area contributed by atoms with E-state index in [4.69, 9.17) is 17.3 Å². The van der Waals surface area contributed by atoms with E-state index in [1.807, 2.05) is 6.92 Å². The van der Waals surface area contributed by atoms with Crippen LogP contribution in [0.3, 0.4) is 0 Å². The van der Waals surface area contributed by atoms with Gasteiger partial charge in [0.05, 0.1) is 11.4 Å². The Labute approximate surface area is 170 Å². The molecule has 3 aromatic rings. The van der Waals surface area contributed by atoms with Crippen LogP contribution < -0.4 is 5.73 Å². The number of carbonyl (C=O) groups is 2. The van der Waals surface area contributed by atoms with Crippen LogP contribution in [-0.2, 0) is 4.79 Å². The van der Waals surface area contributed by atoms with Crippen LogP contribution >= 0.6 is 11.6 Å². The van der Waals surface area contributed by atoms with Gasteiger partial charge < -0.3 is 10.8 Å². The molecule has 29 heavy (non-hydrogen) atoms. The Morgan fingerprint density at radius 1 is 1.28 bits per heavy atom. The van der Waals surface area contributed by atoms with Crippen molar-refractivity contribution in [3.63, 3.8) is 0 Å². The molecule has 152 valence electrons. The second kappa shape index (κ2) is 7.83. The fraction of sp³-hybridized carbons (Fsp3) is 0.238. The third kappa shape index (κ3) is 3.46. The molecule has 0 fully saturated rings. The molecule has 3 rings (SSSR count). The summed E-state index contributed by atoms with van der Waals surface area (Å²) in [5, 5.41) is 9.91. The van der Waals surface area contributed by atoms with Crippen LogP contribution in [0.2, 0.25) is 5.02 Å². The standard InChI is InChI=1S/C21H19ClF2N2O3/c1-3-5-13(20(25)28)16-10(2)26(21(29)11-6-4-7-12(22)8-11)15-9-14(23)19(27)18(24)17(15)16/h4,6-9,13,27H,3,5H2,1-2H3,(H2,25,28). The minimum atomic E-state index is -1.24. The zero-order valence-corrected chi connectivity index (χ0v) is 16.6. The minimum absolute atomic E-state index is 0.0994. The first-order valence-electron chi connectivity index (χ1n) is 9.00. The SMILES string of the molecule is CCCC(C(N)=O)c1c(C)n(C(=O)c2cccc(Cl)c2)c2cc(F)c(O)c(F)c12. The van der Waals surface area contributed by atoms with Crippen LogP contribution in [0, 0.1) is 18.6 Å². The molecule has 1 amide bonds. The molecule has 0 aliphatic heterocycles. The average Bonchev–Trinajstić information content (AvgIpc) is 2.95. The van der Waals surface area contributed by atoms with Crippen LogP contribution in [0.15, 0.2) is 30.3 Å². The zero-order valence-electron chi connectivity index (χ0n) is 15.8. The van der Waals surface area contributed by atoms with Crippen molar-refractivity contribution >= 4 is 34.3 Å². The molecule has 0 saturated heterocycles. The van der Waals surface area contributed by atoms with E-state index in [1.54, 1.807) is 12.1 Å². The summed E-state index contributed by atoms with van der Waals surface area (Å²) in [7, 11) is 0. The molecule has 0 aliphatic carbocycles. The largest absolute Gasteiger partial charge is 0.503 e. The van der Waals surface area contributed by atoms with Gasteiger partial charge in [-0.2, -0.15) is 0 Å². The van der Waals surface area contributed by atoms with E-state index >= 15 is 0 Å². The quantitative estimate of drug-likeness (QED) is 0.630. The molecule has 0 bridgehead atoms. The number of hydrogen-bond acceptors (Lipinski definition) is 3. The molecule has 2 aromatic carbocycles. The number of amides is 1. The normalized spacial score (nSPS) is 12.3. The summed E-state index contributed by atoms with van der Waals surface area (Å²) in [6, 6.07) is 6.99. The molecule has 5 nitrogen and oxygen atoms in total. The number of rotatable bonds is 5. The Hall–Kier alpha value is -2.93. The van der Waals surface area contributed by atoms with Crippen molar-refractivity contribution in [2.24, 2.45) is 5.73 Å². The van der Waals surface area contributed by atoms with Crippen molar-refractivity contribution in [2.45, 2.75) is 32.6 Å². The maximum absolute atomic E-state index is 14.9. The van der Waals surface area contributed by atoms with Gasteiger partial charge in [-0.25, -0.2) is 8.78 Å². The van der Waals surface area contributed by atoms with Crippen molar-refractivity contribution in [1.82, 2.24) is 4.57 Å². The van der Waals surface area contributed by atoms with Gasteiger partial charge in [0, 0.05) is 27.7 Å². The third-order valence-corrected chi connectivity index (χ3v) is 5.19. The highest BCUT2D eigenvalue weighted by molar-refractivity contribution is 6.31. The number of benzene rings is 2. The number of phenolic OH excluding ortho intramolecular Hbond substituents is 1. The summed E-state index contributed by atoms with van der Waals surface area (Å²) in [5.74, 6) is -5.82. The molecule has 8 heteroatoms. The van der Waals surface area contributed by atoms with Crippen LogP contribution in [0.5, 0.6) is 5.75 Å². The van der Waals surface area contributed by atoms with Gasteiger partial charge in [0.15, 0.2) is 17.4 Å². The van der Waals surface area contributed by atoms with Gasteiger partial charge in [0.2, 0.25) is 5.91 Å². The van der Waals surface area contributed by atoms with Gasteiger partial charge in [-0.1, -0.05) is 31.0 Å². The third-order valence-electron chi connectivity index (χ3n) is 4.95. The Kier molecular flexibility index (Phi) is 5.61. The van der Waals surface area contributed by atoms with Crippen LogP contribution in [0.1, 0.15) is 47.3 Å². The van der Waals surface area contributed by atoms with E-state index < -0.39 is 35.1 Å². The van der Waals surface area contributed by atoms with Gasteiger partial charge in [-0.15, -0.1) is 0 Å². The molecule has 0 radical (unpaired) electrons. The van der Waals surface area contributed by atoms with Crippen LogP contribution in [0.25, 0.3) is 10.9 Å². The number of nitrogens with two attached hydrogens (primary N) is 1. The molecule has 0 spiro atoms. The first kappa shape index (κ1) is 20.8. The van der Waals surface area contributed by atoms with E-state index in [1.165, 1.54) is 19.1 Å². The molecule has 1 unspecified atom stereocenters. The Balaban J connectivity index is 2.41. The molecule has 0 saturated carbocycles. The van der Waals surface area contributed by atoms with Crippen molar-refractivity contribution in [3.05, 3.63) is 63.8 Å². The molecular formula is C21H19ClF2N2O3. The van der Waals surface area contributed by atoms with Crippen molar-refractivity contribution in [2.75, 3.05) is 0 Å². The molecular weight excluding hydrogens is 402 g/mol. The minimum Gasteiger partial charge on any atom is -0.503 e. The lowest BCUT2D eigenvalue weighted by Gasteiger charge is -2.14. The summed E-state index contributed by atoms with van der Waals surface area (Å²) < 4.78 is 30.2. The fourth-order valence-corrected chi connectivity index (χ4v) is 3.86. The average molecular weight is 421 g/mol. The molecule has 1 heterocycles. The number of hydrogen-bond donors (Lipinski definition) is 2. The van der Waals surface area contributed by atoms with Gasteiger partial charge >= 0.3 is 0 Å². The lowest BCUT2D eigenvalue weighted by molar-refractivity contribution is -0.119. The van der Waals surface area contributed by atoms with E-state index in [-0.39, 0.29) is 27.7 Å². The number of carbonyl (C=O) groups excluding carboxylic acids is 2. The highest BCUT2D eigenvalue weighted by Crippen LogP contribution is 2.39. The molecule has 1 aromatic heterocycles. The van der Waals surface area contributed by atoms with Crippen LogP contribution in [-0.4, -0.2) is 21.5 Å². The Morgan fingerprint density at radius 3 is 2.55 bits per heavy atom. The maximum atomic E-state index is 14.9. The molecule has 3 N–H and O–H groups in total. The van der Waals surface area contributed by atoms with Crippen LogP contribution in [0.4, 0.5) is 8.78 Å².